The molecule has 1 aromatic carbocycles. The Bertz CT molecular complexity index is 482. The average Bonchev–Trinajstić information content (AvgIpc) is 2.02. The van der Waals surface area contributed by atoms with E-state index in [1.807, 2.05) is 0 Å². The summed E-state index contributed by atoms with van der Waals surface area (Å²) in [4.78, 5) is 9.60. The minimum Gasteiger partial charge on any atom is -0.478 e. The standard InChI is InChI=1S/C7H4ClFO4S/c8-5-2-1-4(7(10)11)3-6(5)14(9,12)13/h1-3H,(H,10,11). The smallest absolute Gasteiger partial charge is 0.335 e. The molecule has 0 bridgehead atoms. The minimum atomic E-state index is -4.98. The van der Waals surface area contributed by atoms with Crippen molar-refractivity contribution in [1.82, 2.24) is 0 Å². The summed E-state index contributed by atoms with van der Waals surface area (Å²) in [6.07, 6.45) is 0. The number of carboxylic acids is 1. The van der Waals surface area contributed by atoms with Crippen LogP contribution in [0.3, 0.4) is 0 Å². The number of benzene rings is 1. The van der Waals surface area contributed by atoms with Gasteiger partial charge < -0.3 is 5.11 Å². The number of hydrogen-bond donors (Lipinski definition) is 1. The molecule has 0 aliphatic carbocycles. The van der Waals surface area contributed by atoms with E-state index in [1.165, 1.54) is 0 Å². The van der Waals surface area contributed by atoms with E-state index in [2.05, 4.69) is 0 Å². The van der Waals surface area contributed by atoms with E-state index < -0.39 is 21.1 Å². The molecule has 7 heteroatoms. The molecule has 0 heterocycles. The summed E-state index contributed by atoms with van der Waals surface area (Å²) in [7, 11) is -4.98. The third-order valence-corrected chi connectivity index (χ3v) is 2.75. The molecule has 0 unspecified atom stereocenters. The van der Waals surface area contributed by atoms with Crippen LogP contribution in [0.1, 0.15) is 10.4 Å². The van der Waals surface area contributed by atoms with Gasteiger partial charge in [0.05, 0.1) is 10.6 Å². The van der Waals surface area contributed by atoms with Gasteiger partial charge in [0, 0.05) is 0 Å². The molecule has 1 aromatic rings. The Morgan fingerprint density at radius 3 is 2.43 bits per heavy atom. The van der Waals surface area contributed by atoms with E-state index in [0.717, 1.165) is 12.1 Å². The fourth-order valence-corrected chi connectivity index (χ4v) is 1.79. The topological polar surface area (TPSA) is 71.4 Å². The van der Waals surface area contributed by atoms with Gasteiger partial charge in [-0.15, -0.1) is 3.89 Å². The Labute approximate surface area is 84.1 Å². The van der Waals surface area contributed by atoms with Crippen LogP contribution in [0.25, 0.3) is 0 Å². The van der Waals surface area contributed by atoms with Gasteiger partial charge in [-0.25, -0.2) is 4.79 Å². The molecule has 1 rings (SSSR count). The highest BCUT2D eigenvalue weighted by Crippen LogP contribution is 2.24. The lowest BCUT2D eigenvalue weighted by atomic mass is 10.2. The van der Waals surface area contributed by atoms with Crippen LogP contribution in [0.2, 0.25) is 5.02 Å². The van der Waals surface area contributed by atoms with Gasteiger partial charge >= 0.3 is 16.2 Å². The zero-order chi connectivity index (χ0) is 10.9. The lowest BCUT2D eigenvalue weighted by Gasteiger charge is -2.00. The maximum atomic E-state index is 12.5. The molecular formula is C7H4ClFO4S. The largest absolute Gasteiger partial charge is 0.478 e. The van der Waals surface area contributed by atoms with Crippen molar-refractivity contribution in [3.63, 3.8) is 0 Å². The van der Waals surface area contributed by atoms with Gasteiger partial charge in [0.25, 0.3) is 0 Å². The van der Waals surface area contributed by atoms with E-state index in [9.17, 15) is 17.1 Å². The van der Waals surface area contributed by atoms with Crippen molar-refractivity contribution in [3.8, 4) is 0 Å². The Hall–Kier alpha value is -1.14. The lowest BCUT2D eigenvalue weighted by molar-refractivity contribution is 0.0696. The highest BCUT2D eigenvalue weighted by atomic mass is 35.5. The maximum Gasteiger partial charge on any atom is 0.335 e. The van der Waals surface area contributed by atoms with E-state index in [1.54, 1.807) is 0 Å². The van der Waals surface area contributed by atoms with Crippen LogP contribution in [0, 0.1) is 0 Å². The third-order valence-electron chi connectivity index (χ3n) is 1.44. The molecule has 0 atom stereocenters. The molecule has 4 nitrogen and oxygen atoms in total. The zero-order valence-electron chi connectivity index (χ0n) is 6.57. The molecular weight excluding hydrogens is 235 g/mol. The Morgan fingerprint density at radius 1 is 1.43 bits per heavy atom. The second-order valence-corrected chi connectivity index (χ2v) is 4.11. The summed E-state index contributed by atoms with van der Waals surface area (Å²) in [6.45, 7) is 0. The van der Waals surface area contributed by atoms with Gasteiger partial charge in [-0.1, -0.05) is 11.6 Å². The average molecular weight is 239 g/mol. The molecule has 0 saturated carbocycles. The molecule has 0 saturated heterocycles. The highest BCUT2D eigenvalue weighted by Gasteiger charge is 2.18. The number of carboxylic acid groups (broad SMARTS) is 1. The van der Waals surface area contributed by atoms with Crippen LogP contribution >= 0.6 is 11.6 Å². The van der Waals surface area contributed by atoms with Crippen LogP contribution < -0.4 is 0 Å². The van der Waals surface area contributed by atoms with Gasteiger partial charge in [-0.3, -0.25) is 0 Å². The number of rotatable bonds is 2. The van der Waals surface area contributed by atoms with E-state index in [-0.39, 0.29) is 10.6 Å². The molecule has 76 valence electrons. The first-order valence-corrected chi connectivity index (χ1v) is 5.06. The van der Waals surface area contributed by atoms with Crippen LogP contribution in [0.4, 0.5) is 3.89 Å². The van der Waals surface area contributed by atoms with Crippen molar-refractivity contribution in [2.45, 2.75) is 4.90 Å². The fourth-order valence-electron chi connectivity index (χ4n) is 0.823. The van der Waals surface area contributed by atoms with Gasteiger partial charge in [-0.2, -0.15) is 8.42 Å². The van der Waals surface area contributed by atoms with Crippen molar-refractivity contribution in [1.29, 1.82) is 0 Å². The highest BCUT2D eigenvalue weighted by molar-refractivity contribution is 7.86. The zero-order valence-corrected chi connectivity index (χ0v) is 8.14. The molecule has 0 radical (unpaired) electrons. The second-order valence-electron chi connectivity index (χ2n) is 2.39. The van der Waals surface area contributed by atoms with Crippen molar-refractivity contribution >= 4 is 27.8 Å². The lowest BCUT2D eigenvalue weighted by Crippen LogP contribution is -2.00. The van der Waals surface area contributed by atoms with Crippen molar-refractivity contribution < 1.29 is 22.2 Å². The summed E-state index contributed by atoms with van der Waals surface area (Å²) in [5.41, 5.74) is -0.342. The minimum absolute atomic E-state index is 0.342. The Balaban J connectivity index is 3.44. The first-order chi connectivity index (χ1) is 6.32. The van der Waals surface area contributed by atoms with E-state index >= 15 is 0 Å². The number of hydrogen-bond acceptors (Lipinski definition) is 3. The predicted octanol–water partition coefficient (Wildman–Crippen LogP) is 1.70. The first kappa shape index (κ1) is 10.9. The summed E-state index contributed by atoms with van der Waals surface area (Å²) in [5, 5.41) is 8.16. The molecule has 1 N–H and O–H groups in total. The predicted molar refractivity (Wildman–Crippen MR) is 46.7 cm³/mol. The van der Waals surface area contributed by atoms with Crippen LogP contribution in [0.5, 0.6) is 0 Å². The number of aromatic carboxylic acids is 1. The van der Waals surface area contributed by atoms with Crippen molar-refractivity contribution in [2.75, 3.05) is 0 Å². The quantitative estimate of drug-likeness (QED) is 0.796. The van der Waals surface area contributed by atoms with Crippen LogP contribution in [-0.4, -0.2) is 19.5 Å². The van der Waals surface area contributed by atoms with Gasteiger partial charge in [0.15, 0.2) is 0 Å². The molecule has 0 spiro atoms. The number of halogens is 2. The molecule has 0 aliphatic heterocycles. The van der Waals surface area contributed by atoms with Crippen molar-refractivity contribution in [3.05, 3.63) is 28.8 Å². The molecule has 14 heavy (non-hydrogen) atoms. The fraction of sp³-hybridized carbons (Fsp3) is 0. The normalized spacial score (nSPS) is 11.3. The first-order valence-electron chi connectivity index (χ1n) is 3.30. The molecule has 0 amide bonds. The van der Waals surface area contributed by atoms with Crippen molar-refractivity contribution in [2.24, 2.45) is 0 Å². The second kappa shape index (κ2) is 3.55. The summed E-state index contributed by atoms with van der Waals surface area (Å²) in [5.74, 6) is -1.36. The monoisotopic (exact) mass is 238 g/mol. The van der Waals surface area contributed by atoms with E-state index in [4.69, 9.17) is 16.7 Å². The summed E-state index contributed by atoms with van der Waals surface area (Å²) >= 11 is 5.37. The summed E-state index contributed by atoms with van der Waals surface area (Å²) in [6, 6.07) is 2.76. The van der Waals surface area contributed by atoms with Crippen LogP contribution in [0.15, 0.2) is 23.1 Å². The van der Waals surface area contributed by atoms with Crippen LogP contribution in [-0.2, 0) is 10.2 Å². The third kappa shape index (κ3) is 2.21. The maximum absolute atomic E-state index is 12.5. The summed E-state index contributed by atoms with van der Waals surface area (Å²) < 4.78 is 33.5. The molecule has 0 fully saturated rings. The van der Waals surface area contributed by atoms with E-state index in [0.29, 0.717) is 6.07 Å². The number of carbonyl (C=O) groups is 1. The van der Waals surface area contributed by atoms with Gasteiger partial charge in [-0.05, 0) is 18.2 Å². The SMILES string of the molecule is O=C(O)c1ccc(Cl)c(S(=O)(=O)F)c1. The van der Waals surface area contributed by atoms with Gasteiger partial charge in [0.2, 0.25) is 0 Å². The molecule has 0 aliphatic rings. The van der Waals surface area contributed by atoms with Gasteiger partial charge in [0.1, 0.15) is 4.90 Å². The molecule has 0 aromatic heterocycles. The Morgan fingerprint density at radius 2 is 2.00 bits per heavy atom. The Kier molecular flexibility index (Phi) is 2.77.